The molecule has 0 fully saturated rings. The summed E-state index contributed by atoms with van der Waals surface area (Å²) in [4.78, 5) is 57.8. The number of hydrogen-bond acceptors (Lipinski definition) is 6. The van der Waals surface area contributed by atoms with Gasteiger partial charge in [-0.2, -0.15) is 0 Å². The number of H-pyrrole nitrogens is 1. The van der Waals surface area contributed by atoms with Crippen LogP contribution in [0.25, 0.3) is 0 Å². The number of rotatable bonds is 14. The van der Waals surface area contributed by atoms with E-state index in [1.807, 2.05) is 37.3 Å². The van der Waals surface area contributed by atoms with E-state index in [4.69, 9.17) is 5.73 Å². The van der Waals surface area contributed by atoms with Crippen molar-refractivity contribution in [1.29, 1.82) is 0 Å². The maximum atomic E-state index is 13.3. The largest absolute Gasteiger partial charge is 0.480 e. The maximum absolute atomic E-state index is 13.3. The van der Waals surface area contributed by atoms with Gasteiger partial charge in [-0.05, 0) is 23.8 Å². The number of hydrogen-bond donors (Lipinski definition) is 6. The number of carboxylic acid groups (broad SMARTS) is 1. The van der Waals surface area contributed by atoms with Crippen LogP contribution in [-0.4, -0.2) is 62.9 Å². The first-order valence-corrected chi connectivity index (χ1v) is 12.4. The lowest BCUT2D eigenvalue weighted by Gasteiger charge is -2.27. The smallest absolute Gasteiger partial charge is 0.326 e. The fourth-order valence-corrected chi connectivity index (χ4v) is 3.78. The molecule has 0 saturated carbocycles. The number of aromatic nitrogens is 2. The molecule has 7 N–H and O–H groups in total. The van der Waals surface area contributed by atoms with Gasteiger partial charge in [0.25, 0.3) is 0 Å². The number of benzene rings is 1. The summed E-state index contributed by atoms with van der Waals surface area (Å²) >= 11 is 0. The molecule has 2 rings (SSSR count). The first-order chi connectivity index (χ1) is 17.5. The molecule has 2 aromatic rings. The fraction of sp³-hybridized carbons (Fsp3) is 0.500. The van der Waals surface area contributed by atoms with Gasteiger partial charge in [0.05, 0.1) is 12.4 Å². The van der Waals surface area contributed by atoms with Crippen molar-refractivity contribution < 1.29 is 24.3 Å². The second kappa shape index (κ2) is 14.1. The van der Waals surface area contributed by atoms with E-state index in [2.05, 4.69) is 25.9 Å². The number of amides is 3. The second-order valence-corrected chi connectivity index (χ2v) is 9.58. The van der Waals surface area contributed by atoms with E-state index in [0.717, 1.165) is 5.56 Å². The number of aliphatic carboxylic acids is 1. The Labute approximate surface area is 217 Å². The molecule has 1 aromatic carbocycles. The highest BCUT2D eigenvalue weighted by Crippen LogP contribution is 2.10. The van der Waals surface area contributed by atoms with Crippen LogP contribution in [0.4, 0.5) is 0 Å². The van der Waals surface area contributed by atoms with E-state index in [1.165, 1.54) is 12.5 Å². The van der Waals surface area contributed by atoms with Crippen LogP contribution in [0.3, 0.4) is 0 Å². The Kier molecular flexibility index (Phi) is 11.3. The van der Waals surface area contributed by atoms with Crippen LogP contribution in [-0.2, 0) is 32.0 Å². The molecule has 0 radical (unpaired) electrons. The Balaban J connectivity index is 2.15. The van der Waals surface area contributed by atoms with Crippen molar-refractivity contribution in [2.24, 2.45) is 17.6 Å². The third-order valence-corrected chi connectivity index (χ3v) is 6.27. The third kappa shape index (κ3) is 9.02. The molecule has 1 heterocycles. The third-order valence-electron chi connectivity index (χ3n) is 6.27. The van der Waals surface area contributed by atoms with Crippen molar-refractivity contribution in [3.8, 4) is 0 Å². The predicted molar refractivity (Wildman–Crippen MR) is 138 cm³/mol. The minimum Gasteiger partial charge on any atom is -0.480 e. The molecule has 0 bridgehead atoms. The van der Waals surface area contributed by atoms with Crippen LogP contribution >= 0.6 is 0 Å². The fourth-order valence-electron chi connectivity index (χ4n) is 3.78. The van der Waals surface area contributed by atoms with Gasteiger partial charge in [-0.15, -0.1) is 0 Å². The highest BCUT2D eigenvalue weighted by atomic mass is 16.4. The number of imidazole rings is 1. The molecule has 5 unspecified atom stereocenters. The molecular weight excluding hydrogens is 476 g/mol. The van der Waals surface area contributed by atoms with Gasteiger partial charge in [-0.3, -0.25) is 14.4 Å². The highest BCUT2D eigenvalue weighted by Gasteiger charge is 2.33. The summed E-state index contributed by atoms with van der Waals surface area (Å²) in [7, 11) is 0. The number of aromatic amines is 1. The number of nitrogens with two attached hydrogens (primary N) is 1. The van der Waals surface area contributed by atoms with E-state index < -0.39 is 47.9 Å². The van der Waals surface area contributed by atoms with Gasteiger partial charge < -0.3 is 31.8 Å². The molecule has 11 nitrogen and oxygen atoms in total. The van der Waals surface area contributed by atoms with Crippen LogP contribution in [0.2, 0.25) is 0 Å². The van der Waals surface area contributed by atoms with Crippen molar-refractivity contribution in [2.75, 3.05) is 0 Å². The van der Waals surface area contributed by atoms with Crippen LogP contribution in [0.15, 0.2) is 42.9 Å². The minimum absolute atomic E-state index is 0.0523. The van der Waals surface area contributed by atoms with Gasteiger partial charge in [-0.25, -0.2) is 9.78 Å². The molecule has 0 saturated heterocycles. The standard InChI is InChI=1S/C26H38N6O5/c1-5-16(4)22(26(36)37)32-24(34)20(12-18-13-28-14-29-18)30-25(35)21(15(2)3)31-23(33)19(27)11-17-9-7-6-8-10-17/h6-10,13-16,19-22H,5,11-12,27H2,1-4H3,(H,28,29)(H,30,35)(H,31,33)(H,32,34)(H,36,37). The van der Waals surface area contributed by atoms with E-state index in [0.29, 0.717) is 18.5 Å². The Morgan fingerprint density at radius 3 is 2.14 bits per heavy atom. The molecule has 202 valence electrons. The van der Waals surface area contributed by atoms with E-state index >= 15 is 0 Å². The first-order valence-electron chi connectivity index (χ1n) is 12.4. The molecule has 0 aliphatic heterocycles. The average molecular weight is 515 g/mol. The van der Waals surface area contributed by atoms with Gasteiger partial charge >= 0.3 is 5.97 Å². The Bertz CT molecular complexity index is 1030. The molecule has 5 atom stereocenters. The zero-order valence-electron chi connectivity index (χ0n) is 21.7. The number of carbonyl (C=O) groups is 4. The van der Waals surface area contributed by atoms with Gasteiger partial charge in [0.2, 0.25) is 17.7 Å². The number of carbonyl (C=O) groups excluding carboxylic acids is 3. The summed E-state index contributed by atoms with van der Waals surface area (Å²) in [5.74, 6) is -3.51. The van der Waals surface area contributed by atoms with Crippen molar-refractivity contribution in [3.63, 3.8) is 0 Å². The van der Waals surface area contributed by atoms with Crippen LogP contribution < -0.4 is 21.7 Å². The minimum atomic E-state index is -1.16. The van der Waals surface area contributed by atoms with Gasteiger partial charge in [-0.1, -0.05) is 64.4 Å². The Morgan fingerprint density at radius 2 is 1.59 bits per heavy atom. The summed E-state index contributed by atoms with van der Waals surface area (Å²) in [5.41, 5.74) is 7.55. The molecule has 0 aliphatic rings. The van der Waals surface area contributed by atoms with Crippen LogP contribution in [0.1, 0.15) is 45.4 Å². The normalized spacial score (nSPS) is 15.2. The van der Waals surface area contributed by atoms with Crippen LogP contribution in [0.5, 0.6) is 0 Å². The lowest BCUT2D eigenvalue weighted by molar-refractivity contribution is -0.143. The van der Waals surface area contributed by atoms with Crippen LogP contribution in [0, 0.1) is 11.8 Å². The number of nitrogens with one attached hydrogen (secondary N) is 4. The van der Waals surface area contributed by atoms with E-state index in [9.17, 15) is 24.3 Å². The van der Waals surface area contributed by atoms with Crippen molar-refractivity contribution in [2.45, 2.75) is 71.1 Å². The summed E-state index contributed by atoms with van der Waals surface area (Å²) in [6, 6.07) is 5.25. The van der Waals surface area contributed by atoms with E-state index in [1.54, 1.807) is 20.8 Å². The molecule has 3 amide bonds. The zero-order valence-corrected chi connectivity index (χ0v) is 21.7. The molecule has 37 heavy (non-hydrogen) atoms. The lowest BCUT2D eigenvalue weighted by atomic mass is 9.98. The van der Waals surface area contributed by atoms with Gasteiger partial charge in [0.1, 0.15) is 18.1 Å². The Hall–Kier alpha value is -3.73. The predicted octanol–water partition coefficient (Wildman–Crippen LogP) is 0.763. The summed E-state index contributed by atoms with van der Waals surface area (Å²) in [6.07, 6.45) is 3.85. The van der Waals surface area contributed by atoms with Crippen molar-refractivity contribution >= 4 is 23.7 Å². The topological polar surface area (TPSA) is 179 Å². The number of nitrogens with zero attached hydrogens (tertiary/aromatic N) is 1. The highest BCUT2D eigenvalue weighted by molar-refractivity contribution is 5.94. The van der Waals surface area contributed by atoms with Gasteiger partial charge in [0, 0.05) is 18.3 Å². The molecule has 0 spiro atoms. The lowest BCUT2D eigenvalue weighted by Crippen LogP contribution is -2.59. The SMILES string of the molecule is CCC(C)C(NC(=O)C(Cc1cnc[nH]1)NC(=O)C(NC(=O)C(N)Cc1ccccc1)C(C)C)C(=O)O. The van der Waals surface area contributed by atoms with Crippen molar-refractivity contribution in [3.05, 3.63) is 54.1 Å². The van der Waals surface area contributed by atoms with Crippen molar-refractivity contribution in [1.82, 2.24) is 25.9 Å². The Morgan fingerprint density at radius 1 is 0.946 bits per heavy atom. The second-order valence-electron chi connectivity index (χ2n) is 9.58. The van der Waals surface area contributed by atoms with E-state index in [-0.39, 0.29) is 18.3 Å². The average Bonchev–Trinajstić information content (AvgIpc) is 3.37. The summed E-state index contributed by atoms with van der Waals surface area (Å²) < 4.78 is 0. The molecule has 1 aromatic heterocycles. The monoisotopic (exact) mass is 514 g/mol. The summed E-state index contributed by atoms with van der Waals surface area (Å²) in [6.45, 7) is 7.08. The first kappa shape index (κ1) is 29.5. The molecule has 11 heteroatoms. The zero-order chi connectivity index (χ0) is 27.5. The van der Waals surface area contributed by atoms with Gasteiger partial charge in [0.15, 0.2) is 0 Å². The molecular formula is C26H38N6O5. The summed E-state index contributed by atoms with van der Waals surface area (Å²) in [5, 5.41) is 17.5. The number of carboxylic acids is 1. The molecule has 0 aliphatic carbocycles. The quantitative estimate of drug-likeness (QED) is 0.215. The maximum Gasteiger partial charge on any atom is 0.326 e.